The van der Waals surface area contributed by atoms with Crippen molar-refractivity contribution in [2.24, 2.45) is 0 Å². The molecular weight excluding hydrogens is 458 g/mol. The summed E-state index contributed by atoms with van der Waals surface area (Å²) in [5.41, 5.74) is 3.68. The van der Waals surface area contributed by atoms with E-state index in [1.165, 1.54) is 11.3 Å². The van der Waals surface area contributed by atoms with Gasteiger partial charge >= 0.3 is 0 Å². The maximum absolute atomic E-state index is 12.7. The molecule has 7 nitrogen and oxygen atoms in total. The van der Waals surface area contributed by atoms with Gasteiger partial charge in [0.15, 0.2) is 0 Å². The third-order valence-electron chi connectivity index (χ3n) is 5.03. The number of anilines is 2. The van der Waals surface area contributed by atoms with Crippen molar-refractivity contribution in [3.63, 3.8) is 0 Å². The Morgan fingerprint density at radius 1 is 1.06 bits per heavy atom. The number of rotatable bonds is 6. The fourth-order valence-electron chi connectivity index (χ4n) is 3.37. The number of aromatic nitrogens is 3. The molecule has 1 atom stereocenters. The van der Waals surface area contributed by atoms with Gasteiger partial charge in [0.1, 0.15) is 15.9 Å². The quantitative estimate of drug-likeness (QED) is 0.369. The van der Waals surface area contributed by atoms with Gasteiger partial charge in [-0.2, -0.15) is 5.10 Å². The average Bonchev–Trinajstić information content (AvgIpc) is 3.42. The number of aryl methyl sites for hydroxylation is 2. The molecule has 2 aromatic heterocycles. The Labute approximate surface area is 200 Å². The van der Waals surface area contributed by atoms with Crippen molar-refractivity contribution in [3.05, 3.63) is 82.1 Å². The number of nitrogens with one attached hydrogen (secondary N) is 2. The molecule has 0 aliphatic heterocycles. The predicted octanol–water partition coefficient (Wildman–Crippen LogP) is 5.73. The summed E-state index contributed by atoms with van der Waals surface area (Å²) in [4.78, 5) is 30.2. The van der Waals surface area contributed by atoms with E-state index in [-0.39, 0.29) is 11.8 Å². The topological polar surface area (TPSA) is 88.9 Å². The molecule has 0 saturated carbocycles. The van der Waals surface area contributed by atoms with Crippen LogP contribution in [0.15, 0.2) is 60.8 Å². The molecule has 0 spiro atoms. The van der Waals surface area contributed by atoms with Crippen LogP contribution >= 0.6 is 22.9 Å². The molecule has 0 saturated heterocycles. The van der Waals surface area contributed by atoms with Gasteiger partial charge in [-0.05, 0) is 45.0 Å². The third kappa shape index (κ3) is 5.13. The number of hydrogen-bond acceptors (Lipinski definition) is 5. The second-order valence-electron chi connectivity index (χ2n) is 7.58. The molecule has 0 bridgehead atoms. The van der Waals surface area contributed by atoms with Gasteiger partial charge in [-0.3, -0.25) is 14.3 Å². The minimum atomic E-state index is -0.501. The normalized spacial score (nSPS) is 11.8. The van der Waals surface area contributed by atoms with Crippen molar-refractivity contribution in [2.75, 3.05) is 10.6 Å². The van der Waals surface area contributed by atoms with Crippen LogP contribution < -0.4 is 10.6 Å². The van der Waals surface area contributed by atoms with Crippen LogP contribution in [0.4, 0.5) is 11.4 Å². The van der Waals surface area contributed by atoms with E-state index in [0.29, 0.717) is 21.3 Å². The second kappa shape index (κ2) is 9.56. The van der Waals surface area contributed by atoms with Crippen molar-refractivity contribution in [1.82, 2.24) is 14.8 Å². The van der Waals surface area contributed by atoms with Gasteiger partial charge in [-0.1, -0.05) is 41.9 Å². The molecule has 0 fully saturated rings. The molecule has 4 aromatic rings. The third-order valence-corrected chi connectivity index (χ3v) is 6.38. The molecule has 0 aliphatic carbocycles. The lowest BCUT2D eigenvalue weighted by Crippen LogP contribution is -2.25. The number of hydrogen-bond donors (Lipinski definition) is 2. The number of benzene rings is 2. The predicted molar refractivity (Wildman–Crippen MR) is 132 cm³/mol. The summed E-state index contributed by atoms with van der Waals surface area (Å²) in [6.07, 6.45) is 1.55. The fraction of sp³-hybridized carbons (Fsp3) is 0.167. The van der Waals surface area contributed by atoms with E-state index in [1.54, 1.807) is 36.0 Å². The largest absolute Gasteiger partial charge is 0.323 e. The summed E-state index contributed by atoms with van der Waals surface area (Å²) in [5.74, 6) is -0.515. The number of amides is 2. The highest BCUT2D eigenvalue weighted by Gasteiger charge is 2.19. The highest BCUT2D eigenvalue weighted by molar-refractivity contribution is 7.17. The van der Waals surface area contributed by atoms with Crippen molar-refractivity contribution < 1.29 is 9.59 Å². The van der Waals surface area contributed by atoms with Gasteiger partial charge < -0.3 is 10.6 Å². The molecule has 2 aromatic carbocycles. The van der Waals surface area contributed by atoms with Gasteiger partial charge in [-0.15, -0.1) is 11.3 Å². The van der Waals surface area contributed by atoms with E-state index >= 15 is 0 Å². The molecular formula is C24H22ClN5O2S. The Balaban J connectivity index is 1.42. The number of thiazole rings is 1. The van der Waals surface area contributed by atoms with Crippen molar-refractivity contribution >= 4 is 46.1 Å². The maximum atomic E-state index is 12.7. The van der Waals surface area contributed by atoms with Gasteiger partial charge in [0.05, 0.1) is 22.6 Å². The van der Waals surface area contributed by atoms with Crippen molar-refractivity contribution in [3.8, 4) is 10.6 Å². The van der Waals surface area contributed by atoms with E-state index in [9.17, 15) is 9.59 Å². The molecule has 33 heavy (non-hydrogen) atoms. The zero-order valence-electron chi connectivity index (χ0n) is 18.3. The van der Waals surface area contributed by atoms with Crippen LogP contribution in [0.5, 0.6) is 0 Å². The van der Waals surface area contributed by atoms with Gasteiger partial charge in [0, 0.05) is 16.9 Å². The summed E-state index contributed by atoms with van der Waals surface area (Å²) in [5, 5.41) is 11.1. The van der Waals surface area contributed by atoms with E-state index < -0.39 is 6.04 Å². The Morgan fingerprint density at radius 3 is 2.48 bits per heavy atom. The first-order chi connectivity index (χ1) is 15.8. The molecule has 2 N–H and O–H groups in total. The van der Waals surface area contributed by atoms with Crippen molar-refractivity contribution in [2.45, 2.75) is 26.8 Å². The summed E-state index contributed by atoms with van der Waals surface area (Å²) < 4.78 is 1.67. The van der Waals surface area contributed by atoms with Gasteiger partial charge in [0.25, 0.3) is 5.91 Å². The lowest BCUT2D eigenvalue weighted by molar-refractivity contribution is -0.119. The molecule has 2 amide bonds. The van der Waals surface area contributed by atoms with Crippen LogP contribution in [0.2, 0.25) is 5.02 Å². The molecule has 0 radical (unpaired) electrons. The van der Waals surface area contributed by atoms with Gasteiger partial charge in [0.2, 0.25) is 5.91 Å². The Morgan fingerprint density at radius 2 is 1.82 bits per heavy atom. The van der Waals surface area contributed by atoms with Crippen LogP contribution in [0.25, 0.3) is 10.6 Å². The number of halogens is 1. The first kappa shape index (κ1) is 22.7. The standard InChI is InChI=1S/C24H22ClN5O2S/c1-14-11-15(2)30(29-14)16(3)22(31)28-20-10-9-18(12-19(20)25)27-23(32)21-13-26-24(33-21)17-7-5-4-6-8-17/h4-13,16H,1-3H3,(H,27,32)(H,28,31). The zero-order chi connectivity index (χ0) is 23.5. The fourth-order valence-corrected chi connectivity index (χ4v) is 4.41. The Kier molecular flexibility index (Phi) is 6.57. The summed E-state index contributed by atoms with van der Waals surface area (Å²) in [7, 11) is 0. The van der Waals surface area contributed by atoms with E-state index in [2.05, 4.69) is 20.7 Å². The highest BCUT2D eigenvalue weighted by atomic mass is 35.5. The number of nitrogens with zero attached hydrogens (tertiary/aromatic N) is 3. The summed E-state index contributed by atoms with van der Waals surface area (Å²) in [6, 6.07) is 16.0. The van der Waals surface area contributed by atoms with E-state index in [1.807, 2.05) is 50.2 Å². The minimum Gasteiger partial charge on any atom is -0.323 e. The second-order valence-corrected chi connectivity index (χ2v) is 9.02. The van der Waals surface area contributed by atoms with E-state index in [4.69, 9.17) is 11.6 Å². The highest BCUT2D eigenvalue weighted by Crippen LogP contribution is 2.28. The van der Waals surface area contributed by atoms with Crippen LogP contribution in [-0.2, 0) is 4.79 Å². The average molecular weight is 480 g/mol. The molecule has 9 heteroatoms. The summed E-state index contributed by atoms with van der Waals surface area (Å²) in [6.45, 7) is 5.56. The summed E-state index contributed by atoms with van der Waals surface area (Å²) >= 11 is 7.69. The first-order valence-corrected chi connectivity index (χ1v) is 11.5. The number of carbonyl (C=O) groups is 2. The van der Waals surface area contributed by atoms with Crippen LogP contribution in [0, 0.1) is 13.8 Å². The zero-order valence-corrected chi connectivity index (χ0v) is 19.9. The monoisotopic (exact) mass is 479 g/mol. The minimum absolute atomic E-state index is 0.238. The molecule has 1 unspecified atom stereocenters. The van der Waals surface area contributed by atoms with E-state index in [0.717, 1.165) is 22.0 Å². The molecule has 0 aliphatic rings. The Hall–Kier alpha value is -3.49. The Bertz CT molecular complexity index is 1320. The maximum Gasteiger partial charge on any atom is 0.267 e. The lowest BCUT2D eigenvalue weighted by atomic mass is 10.2. The van der Waals surface area contributed by atoms with Crippen molar-refractivity contribution in [1.29, 1.82) is 0 Å². The first-order valence-electron chi connectivity index (χ1n) is 10.3. The van der Waals surface area contributed by atoms with Crippen LogP contribution in [0.3, 0.4) is 0 Å². The molecule has 168 valence electrons. The van der Waals surface area contributed by atoms with Crippen LogP contribution in [0.1, 0.15) is 34.0 Å². The van der Waals surface area contributed by atoms with Gasteiger partial charge in [-0.25, -0.2) is 4.98 Å². The number of carbonyl (C=O) groups excluding carboxylic acids is 2. The van der Waals surface area contributed by atoms with Crippen LogP contribution in [-0.4, -0.2) is 26.6 Å². The molecule has 4 rings (SSSR count). The lowest BCUT2D eigenvalue weighted by Gasteiger charge is -2.15. The SMILES string of the molecule is Cc1cc(C)n(C(C)C(=O)Nc2ccc(NC(=O)c3cnc(-c4ccccc4)s3)cc2Cl)n1. The smallest absolute Gasteiger partial charge is 0.267 e. The molecule has 2 heterocycles.